The molecule has 0 aliphatic carbocycles. The Kier molecular flexibility index (Phi) is 4.70. The molecule has 0 spiro atoms. The second-order valence-corrected chi connectivity index (χ2v) is 4.10. The lowest BCUT2D eigenvalue weighted by Gasteiger charge is -2.28. The average molecular weight is 255 g/mol. The molecule has 0 aromatic rings. The smallest absolute Gasteiger partial charge is 0.323 e. The van der Waals surface area contributed by atoms with Crippen LogP contribution in [0.15, 0.2) is 12.7 Å². The van der Waals surface area contributed by atoms with Crippen LogP contribution in [0.1, 0.15) is 12.8 Å². The van der Waals surface area contributed by atoms with E-state index in [9.17, 15) is 14.4 Å². The van der Waals surface area contributed by atoms with Crippen LogP contribution in [-0.2, 0) is 9.59 Å². The van der Waals surface area contributed by atoms with Gasteiger partial charge in [-0.05, 0) is 12.8 Å². The fraction of sp³-hybridized carbons (Fsp3) is 0.545. The summed E-state index contributed by atoms with van der Waals surface area (Å²) in [5.74, 6) is -1.67. The van der Waals surface area contributed by atoms with Gasteiger partial charge in [-0.1, -0.05) is 6.08 Å². The molecule has 0 aromatic heterocycles. The summed E-state index contributed by atoms with van der Waals surface area (Å²) in [6, 6.07) is -1.13. The Hall–Kier alpha value is -2.05. The summed E-state index contributed by atoms with van der Waals surface area (Å²) < 4.78 is 0. The molecule has 1 fully saturated rings. The van der Waals surface area contributed by atoms with Crippen molar-refractivity contribution >= 4 is 17.9 Å². The van der Waals surface area contributed by atoms with Crippen LogP contribution in [0.5, 0.6) is 0 Å². The van der Waals surface area contributed by atoms with Crippen molar-refractivity contribution in [2.45, 2.75) is 18.9 Å². The van der Waals surface area contributed by atoms with E-state index in [4.69, 9.17) is 10.8 Å². The maximum atomic E-state index is 12.1. The molecule has 7 nitrogen and oxygen atoms in total. The average Bonchev–Trinajstić information content (AvgIpc) is 2.75. The molecule has 1 unspecified atom stereocenters. The van der Waals surface area contributed by atoms with E-state index in [2.05, 4.69) is 6.58 Å². The summed E-state index contributed by atoms with van der Waals surface area (Å²) in [7, 11) is 0. The van der Waals surface area contributed by atoms with Gasteiger partial charge in [-0.3, -0.25) is 9.59 Å². The zero-order valence-electron chi connectivity index (χ0n) is 10.0. The van der Waals surface area contributed by atoms with Gasteiger partial charge in [0.25, 0.3) is 0 Å². The number of nitrogens with zero attached hydrogens (tertiary/aromatic N) is 2. The third-order valence-electron chi connectivity index (χ3n) is 2.77. The van der Waals surface area contributed by atoms with Crippen molar-refractivity contribution in [1.29, 1.82) is 0 Å². The van der Waals surface area contributed by atoms with E-state index >= 15 is 0 Å². The van der Waals surface area contributed by atoms with Crippen LogP contribution in [-0.4, -0.2) is 58.5 Å². The molecule has 1 rings (SSSR count). The Balaban J connectivity index is 2.78. The Bertz CT molecular complexity index is 369. The summed E-state index contributed by atoms with van der Waals surface area (Å²) >= 11 is 0. The number of carbonyl (C=O) groups is 3. The quantitative estimate of drug-likeness (QED) is 0.654. The summed E-state index contributed by atoms with van der Waals surface area (Å²) in [6.07, 6.45) is 2.65. The van der Waals surface area contributed by atoms with Crippen molar-refractivity contribution in [3.63, 3.8) is 0 Å². The highest BCUT2D eigenvalue weighted by Gasteiger charge is 2.35. The number of rotatable bonds is 5. The van der Waals surface area contributed by atoms with E-state index in [1.165, 1.54) is 11.0 Å². The highest BCUT2D eigenvalue weighted by molar-refractivity contribution is 5.87. The lowest BCUT2D eigenvalue weighted by atomic mass is 10.2. The minimum Gasteiger partial charge on any atom is -0.480 e. The molecule has 1 saturated heterocycles. The molecular weight excluding hydrogens is 238 g/mol. The van der Waals surface area contributed by atoms with Gasteiger partial charge in [-0.2, -0.15) is 0 Å². The normalized spacial score (nSPS) is 18.4. The molecule has 0 aromatic carbocycles. The fourth-order valence-corrected chi connectivity index (χ4v) is 2.00. The third kappa shape index (κ3) is 3.22. The van der Waals surface area contributed by atoms with Gasteiger partial charge in [0.2, 0.25) is 5.91 Å². The summed E-state index contributed by atoms with van der Waals surface area (Å²) in [5.41, 5.74) is 5.21. The van der Waals surface area contributed by atoms with Gasteiger partial charge in [0.15, 0.2) is 0 Å². The van der Waals surface area contributed by atoms with Crippen molar-refractivity contribution in [3.05, 3.63) is 12.7 Å². The number of amides is 3. The fourth-order valence-electron chi connectivity index (χ4n) is 2.00. The van der Waals surface area contributed by atoms with Gasteiger partial charge in [0.1, 0.15) is 12.6 Å². The summed E-state index contributed by atoms with van der Waals surface area (Å²) in [6.45, 7) is 3.58. The molecule has 1 atom stereocenters. The first-order valence-electron chi connectivity index (χ1n) is 5.65. The predicted octanol–water partition coefficient (Wildman–Crippen LogP) is -0.371. The second kappa shape index (κ2) is 6.04. The molecule has 1 aliphatic rings. The monoisotopic (exact) mass is 255 g/mol. The number of nitrogens with two attached hydrogens (primary N) is 1. The standard InChI is InChI=1S/C11H17N3O4/c1-2-5-13(7-9(15)16)11(18)14-6-3-4-8(14)10(12)17/h2,8H,1,3-7H2,(H2,12,17)(H,15,16). The van der Waals surface area contributed by atoms with E-state index in [1.54, 1.807) is 0 Å². The topological polar surface area (TPSA) is 104 Å². The molecule has 3 amide bonds. The first kappa shape index (κ1) is 14.0. The maximum absolute atomic E-state index is 12.1. The molecule has 0 radical (unpaired) electrons. The molecule has 100 valence electrons. The van der Waals surface area contributed by atoms with Crippen LogP contribution in [0.2, 0.25) is 0 Å². The number of likely N-dealkylation sites (tertiary alicyclic amines) is 1. The number of carboxylic acid groups (broad SMARTS) is 1. The zero-order valence-corrected chi connectivity index (χ0v) is 10.0. The number of primary amides is 1. The Morgan fingerprint density at radius 3 is 2.67 bits per heavy atom. The third-order valence-corrected chi connectivity index (χ3v) is 2.77. The highest BCUT2D eigenvalue weighted by atomic mass is 16.4. The van der Waals surface area contributed by atoms with Gasteiger partial charge in [-0.15, -0.1) is 6.58 Å². The Labute approximate surface area is 105 Å². The summed E-state index contributed by atoms with van der Waals surface area (Å²) in [4.78, 5) is 36.4. The van der Waals surface area contributed by atoms with E-state index < -0.39 is 30.5 Å². The number of hydrogen-bond acceptors (Lipinski definition) is 3. The van der Waals surface area contributed by atoms with Crippen LogP contribution in [0.25, 0.3) is 0 Å². The number of carboxylic acids is 1. The molecule has 0 bridgehead atoms. The lowest BCUT2D eigenvalue weighted by Crippen LogP contribution is -2.50. The minimum absolute atomic E-state index is 0.118. The van der Waals surface area contributed by atoms with Crippen LogP contribution in [0, 0.1) is 0 Å². The van der Waals surface area contributed by atoms with E-state index in [1.807, 2.05) is 0 Å². The molecule has 0 saturated carbocycles. The number of urea groups is 1. The highest BCUT2D eigenvalue weighted by Crippen LogP contribution is 2.18. The van der Waals surface area contributed by atoms with Crippen LogP contribution in [0.4, 0.5) is 4.79 Å². The lowest BCUT2D eigenvalue weighted by molar-refractivity contribution is -0.137. The van der Waals surface area contributed by atoms with Gasteiger partial charge >= 0.3 is 12.0 Å². The number of aliphatic carboxylic acids is 1. The number of carbonyl (C=O) groups excluding carboxylic acids is 2. The van der Waals surface area contributed by atoms with Crippen molar-refractivity contribution < 1.29 is 19.5 Å². The van der Waals surface area contributed by atoms with Gasteiger partial charge in [-0.25, -0.2) is 4.79 Å². The predicted molar refractivity (Wildman–Crippen MR) is 63.7 cm³/mol. The minimum atomic E-state index is -1.11. The molecule has 1 aliphatic heterocycles. The zero-order chi connectivity index (χ0) is 13.7. The molecule has 18 heavy (non-hydrogen) atoms. The SMILES string of the molecule is C=CCN(CC(=O)O)C(=O)N1CCCC1C(N)=O. The Morgan fingerprint density at radius 2 is 2.17 bits per heavy atom. The summed E-state index contributed by atoms with van der Waals surface area (Å²) in [5, 5.41) is 8.74. The second-order valence-electron chi connectivity index (χ2n) is 4.10. The van der Waals surface area contributed by atoms with Crippen molar-refractivity contribution in [3.8, 4) is 0 Å². The van der Waals surface area contributed by atoms with E-state index in [0.717, 1.165) is 4.90 Å². The molecular formula is C11H17N3O4. The van der Waals surface area contributed by atoms with Gasteiger partial charge in [0.05, 0.1) is 0 Å². The van der Waals surface area contributed by atoms with Crippen LogP contribution in [0.3, 0.4) is 0 Å². The molecule has 1 heterocycles. The first-order valence-corrected chi connectivity index (χ1v) is 5.65. The van der Waals surface area contributed by atoms with Gasteiger partial charge < -0.3 is 20.6 Å². The van der Waals surface area contributed by atoms with E-state index in [-0.39, 0.29) is 6.54 Å². The largest absolute Gasteiger partial charge is 0.480 e. The maximum Gasteiger partial charge on any atom is 0.323 e. The van der Waals surface area contributed by atoms with Crippen molar-refractivity contribution in [2.75, 3.05) is 19.6 Å². The Morgan fingerprint density at radius 1 is 1.50 bits per heavy atom. The van der Waals surface area contributed by atoms with E-state index in [0.29, 0.717) is 19.4 Å². The van der Waals surface area contributed by atoms with Crippen LogP contribution < -0.4 is 5.73 Å². The van der Waals surface area contributed by atoms with Gasteiger partial charge in [0, 0.05) is 13.1 Å². The molecule has 3 N–H and O–H groups in total. The molecule has 7 heteroatoms. The first-order chi connectivity index (χ1) is 8.47. The van der Waals surface area contributed by atoms with Crippen molar-refractivity contribution in [1.82, 2.24) is 9.80 Å². The number of hydrogen-bond donors (Lipinski definition) is 2. The van der Waals surface area contributed by atoms with Crippen LogP contribution >= 0.6 is 0 Å². The van der Waals surface area contributed by atoms with Crippen molar-refractivity contribution in [2.24, 2.45) is 5.73 Å².